The summed E-state index contributed by atoms with van der Waals surface area (Å²) in [7, 11) is 0.376. The number of rotatable bonds is 8. The number of para-hydroxylation sites is 1. The number of carbonyl (C=O) groups is 1. The average Bonchev–Trinajstić information content (AvgIpc) is 2.76. The van der Waals surface area contributed by atoms with Crippen LogP contribution in [0, 0.1) is 11.3 Å². The van der Waals surface area contributed by atoms with E-state index in [0.29, 0.717) is 25.0 Å². The van der Waals surface area contributed by atoms with Crippen molar-refractivity contribution in [2.75, 3.05) is 13.1 Å². The number of carbonyl (C=O) groups excluding carboxylic acids is 1. The molecule has 0 spiro atoms. The van der Waals surface area contributed by atoms with E-state index < -0.39 is 0 Å². The zero-order valence-electron chi connectivity index (χ0n) is 16.2. The minimum atomic E-state index is -0.212. The Morgan fingerprint density at radius 1 is 1.34 bits per heavy atom. The van der Waals surface area contributed by atoms with Gasteiger partial charge in [-0.3, -0.25) is 9.69 Å². The molecule has 0 saturated heterocycles. The minimum Gasteiger partial charge on any atom is -0.508 e. The third-order valence-electron chi connectivity index (χ3n) is 5.39. The molecule has 1 N–H and O–H groups in total. The van der Waals surface area contributed by atoms with Crippen molar-refractivity contribution in [1.82, 2.24) is 9.88 Å². The second-order valence-corrected chi connectivity index (χ2v) is 7.66. The van der Waals surface area contributed by atoms with Crippen molar-refractivity contribution in [3.63, 3.8) is 0 Å². The third kappa shape index (κ3) is 5.70. The van der Waals surface area contributed by atoms with E-state index in [1.165, 1.54) is 5.56 Å². The van der Waals surface area contributed by atoms with E-state index in [9.17, 15) is 9.90 Å². The first kappa shape index (κ1) is 21.6. The van der Waals surface area contributed by atoms with E-state index in [2.05, 4.69) is 16.0 Å². The van der Waals surface area contributed by atoms with Crippen LogP contribution in [-0.4, -0.2) is 41.2 Å². The van der Waals surface area contributed by atoms with Crippen LogP contribution >= 0.6 is 23.0 Å². The van der Waals surface area contributed by atoms with Gasteiger partial charge < -0.3 is 8.17 Å². The zero-order valence-corrected chi connectivity index (χ0v) is 18.3. The van der Waals surface area contributed by atoms with Crippen molar-refractivity contribution < 1.29 is 13.0 Å². The lowest BCUT2D eigenvalue weighted by Gasteiger charge is -2.35. The summed E-state index contributed by atoms with van der Waals surface area (Å²) in [5.41, 5.74) is 3.54. The number of nitriles is 1. The highest BCUT2D eigenvalue weighted by atomic mass is 127. The molecular formula is C21H23BIN3O3. The Balaban J connectivity index is 1.78. The van der Waals surface area contributed by atoms with Crippen molar-refractivity contribution in [2.24, 2.45) is 0 Å². The van der Waals surface area contributed by atoms with Gasteiger partial charge in [0.05, 0.1) is 0 Å². The summed E-state index contributed by atoms with van der Waals surface area (Å²) >= 11 is 1.62. The van der Waals surface area contributed by atoms with Gasteiger partial charge in [-0.1, -0.05) is 30.6 Å². The van der Waals surface area contributed by atoms with Gasteiger partial charge in [0.1, 0.15) is 17.5 Å². The maximum absolute atomic E-state index is 11.5. The Kier molecular flexibility index (Phi) is 7.89. The lowest BCUT2D eigenvalue weighted by Crippen LogP contribution is -2.35. The summed E-state index contributed by atoms with van der Waals surface area (Å²) in [6.45, 7) is 1.52. The van der Waals surface area contributed by atoms with Crippen LogP contribution in [0.5, 0.6) is 5.75 Å². The normalized spacial score (nSPS) is 15.4. The molecule has 0 amide bonds. The molecule has 0 saturated carbocycles. The molecule has 1 aliphatic rings. The summed E-state index contributed by atoms with van der Waals surface area (Å²) in [6.07, 6.45) is 4.34. The predicted octanol–water partition coefficient (Wildman–Crippen LogP) is 3.92. The first-order chi connectivity index (χ1) is 14.1. The van der Waals surface area contributed by atoms with Gasteiger partial charge in [0.15, 0.2) is 23.0 Å². The molecule has 0 radical (unpaired) electrons. The summed E-state index contributed by atoms with van der Waals surface area (Å²) in [5.74, 6) is 0.0981. The van der Waals surface area contributed by atoms with Crippen LogP contribution in [0.2, 0.25) is 6.32 Å². The van der Waals surface area contributed by atoms with E-state index in [-0.39, 0.29) is 11.9 Å². The molecule has 29 heavy (non-hydrogen) atoms. The molecule has 1 aromatic heterocycles. The predicted molar refractivity (Wildman–Crippen MR) is 120 cm³/mol. The quantitative estimate of drug-likeness (QED) is 0.435. The number of pyridine rings is 1. The second kappa shape index (κ2) is 10.6. The Labute approximate surface area is 185 Å². The molecule has 8 heteroatoms. The molecule has 1 atom stereocenters. The Bertz CT molecular complexity index is 903. The molecule has 0 bridgehead atoms. The van der Waals surface area contributed by atoms with Crippen molar-refractivity contribution in [3.8, 4) is 11.8 Å². The maximum Gasteiger partial charge on any atom is 0.262 e. The standard InChI is InChI=1S/C21H23BIN3O3/c23-29-21(28)22-11-13-26(12-10-15-4-1-2-7-20(15)27)19-6-3-5-18-17(19)9-8-16(14-24)25-18/h1-2,4,7-9,19,22,27H,3,5-6,10-13H2. The summed E-state index contributed by atoms with van der Waals surface area (Å²) in [5, 5.41) is 19.3. The fourth-order valence-corrected chi connectivity index (χ4v) is 4.17. The van der Waals surface area contributed by atoms with Crippen LogP contribution < -0.4 is 0 Å². The number of phenols is 1. The number of aromatic hydroxyl groups is 1. The Morgan fingerprint density at radius 3 is 2.93 bits per heavy atom. The molecule has 0 fully saturated rings. The summed E-state index contributed by atoms with van der Waals surface area (Å²) < 4.78 is 4.74. The molecule has 1 unspecified atom stereocenters. The van der Waals surface area contributed by atoms with Crippen LogP contribution in [0.1, 0.15) is 41.4 Å². The van der Waals surface area contributed by atoms with E-state index >= 15 is 0 Å². The highest BCUT2D eigenvalue weighted by Gasteiger charge is 2.27. The lowest BCUT2D eigenvalue weighted by molar-refractivity contribution is 0.188. The first-order valence-corrected chi connectivity index (χ1v) is 10.7. The largest absolute Gasteiger partial charge is 0.508 e. The SMILES string of the molecule is N#Cc1ccc2c(n1)CCCC2N(CCBC(=O)OI)CCc1ccccc1O. The number of hydrogen-bond acceptors (Lipinski definition) is 6. The third-order valence-corrected chi connectivity index (χ3v) is 5.88. The van der Waals surface area contributed by atoms with Crippen molar-refractivity contribution in [1.29, 1.82) is 5.26 Å². The number of aryl methyl sites for hydroxylation is 1. The van der Waals surface area contributed by atoms with Gasteiger partial charge in [0.2, 0.25) is 0 Å². The van der Waals surface area contributed by atoms with E-state index in [0.717, 1.165) is 50.0 Å². The van der Waals surface area contributed by atoms with Gasteiger partial charge in [-0.05, 0) is 55.5 Å². The smallest absolute Gasteiger partial charge is 0.262 e. The van der Waals surface area contributed by atoms with Crippen LogP contribution in [0.3, 0.4) is 0 Å². The molecule has 3 rings (SSSR count). The van der Waals surface area contributed by atoms with Gasteiger partial charge in [-0.2, -0.15) is 5.26 Å². The van der Waals surface area contributed by atoms with Crippen LogP contribution in [0.25, 0.3) is 0 Å². The number of benzene rings is 1. The van der Waals surface area contributed by atoms with Crippen molar-refractivity contribution >= 4 is 36.2 Å². The number of hydrogen-bond donors (Lipinski definition) is 1. The number of aromatic nitrogens is 1. The van der Waals surface area contributed by atoms with Gasteiger partial charge in [0.25, 0.3) is 13.1 Å². The average molecular weight is 503 g/mol. The monoisotopic (exact) mass is 503 g/mol. The molecule has 0 aliphatic heterocycles. The Hall–Kier alpha value is -2.12. The molecule has 1 heterocycles. The van der Waals surface area contributed by atoms with Gasteiger partial charge in [0, 0.05) is 18.3 Å². The van der Waals surface area contributed by atoms with Crippen molar-refractivity contribution in [3.05, 3.63) is 58.9 Å². The van der Waals surface area contributed by atoms with Crippen molar-refractivity contribution in [2.45, 2.75) is 38.0 Å². The number of halogens is 1. The van der Waals surface area contributed by atoms with E-state index in [4.69, 9.17) is 8.33 Å². The number of phenolic OH excluding ortho intramolecular Hbond substituents is 1. The lowest BCUT2D eigenvalue weighted by atomic mass is 9.74. The molecule has 2 aromatic rings. The van der Waals surface area contributed by atoms with Gasteiger partial charge in [-0.25, -0.2) is 4.98 Å². The molecule has 6 nitrogen and oxygen atoms in total. The van der Waals surface area contributed by atoms with E-state index in [1.807, 2.05) is 24.3 Å². The van der Waals surface area contributed by atoms with E-state index in [1.54, 1.807) is 35.1 Å². The van der Waals surface area contributed by atoms with Crippen LogP contribution in [0.15, 0.2) is 36.4 Å². The fraction of sp³-hybridized carbons (Fsp3) is 0.381. The molecule has 1 aliphatic carbocycles. The first-order valence-electron chi connectivity index (χ1n) is 9.84. The highest BCUT2D eigenvalue weighted by Crippen LogP contribution is 2.34. The molecular weight excluding hydrogens is 480 g/mol. The summed E-state index contributed by atoms with van der Waals surface area (Å²) in [6, 6.07) is 13.5. The van der Waals surface area contributed by atoms with Gasteiger partial charge in [-0.15, -0.1) is 0 Å². The number of nitrogens with zero attached hydrogens (tertiary/aromatic N) is 3. The second-order valence-electron chi connectivity index (χ2n) is 7.22. The molecule has 150 valence electrons. The van der Waals surface area contributed by atoms with Gasteiger partial charge >= 0.3 is 0 Å². The topological polar surface area (TPSA) is 86.5 Å². The minimum absolute atomic E-state index is 0.195. The van der Waals surface area contributed by atoms with Crippen LogP contribution in [0.4, 0.5) is 4.79 Å². The molecule has 1 aromatic carbocycles. The highest BCUT2D eigenvalue weighted by molar-refractivity contribution is 14.1. The zero-order chi connectivity index (χ0) is 20.6. The van der Waals surface area contributed by atoms with Crippen LogP contribution in [-0.2, 0) is 15.9 Å². The summed E-state index contributed by atoms with van der Waals surface area (Å²) in [4.78, 5) is 18.4. The number of fused-ring (bicyclic) bond motifs is 1. The fourth-order valence-electron chi connectivity index (χ4n) is 3.95. The Morgan fingerprint density at radius 2 is 2.17 bits per heavy atom. The maximum atomic E-state index is 11.5.